The molecule has 8 heteroatoms. The van der Waals surface area contributed by atoms with E-state index in [-0.39, 0.29) is 23.6 Å². The molecule has 1 saturated heterocycles. The van der Waals surface area contributed by atoms with Crippen LogP contribution in [0, 0.1) is 11.7 Å². The van der Waals surface area contributed by atoms with Crippen molar-refractivity contribution in [3.8, 4) is 0 Å². The van der Waals surface area contributed by atoms with Crippen LogP contribution in [0.5, 0.6) is 0 Å². The SMILES string of the molecule is CC1CCOC1C(=O)Nc1ccc(F)c(S(=O)(=O)NC2CC2)c1. The van der Waals surface area contributed by atoms with Gasteiger partial charge >= 0.3 is 0 Å². The molecule has 2 unspecified atom stereocenters. The van der Waals surface area contributed by atoms with Gasteiger partial charge in [-0.05, 0) is 43.4 Å². The van der Waals surface area contributed by atoms with Crippen molar-refractivity contribution in [2.75, 3.05) is 11.9 Å². The molecule has 1 saturated carbocycles. The molecule has 2 aliphatic rings. The topological polar surface area (TPSA) is 84.5 Å². The van der Waals surface area contributed by atoms with Gasteiger partial charge in [-0.2, -0.15) is 0 Å². The first-order valence-electron chi connectivity index (χ1n) is 7.61. The minimum atomic E-state index is -3.92. The van der Waals surface area contributed by atoms with E-state index in [0.29, 0.717) is 6.61 Å². The molecule has 23 heavy (non-hydrogen) atoms. The first-order chi connectivity index (χ1) is 10.9. The van der Waals surface area contributed by atoms with Crippen molar-refractivity contribution in [1.82, 2.24) is 4.72 Å². The van der Waals surface area contributed by atoms with E-state index < -0.39 is 26.8 Å². The fourth-order valence-electron chi connectivity index (χ4n) is 2.52. The van der Waals surface area contributed by atoms with Crippen LogP contribution >= 0.6 is 0 Å². The molecule has 3 rings (SSSR count). The van der Waals surface area contributed by atoms with Gasteiger partial charge in [0.1, 0.15) is 16.8 Å². The normalized spacial score (nSPS) is 24.6. The standard InChI is InChI=1S/C15H19FN2O4S/c1-9-6-7-22-14(9)15(19)17-11-4-5-12(16)13(8-11)23(20,21)18-10-2-3-10/h4-5,8-10,14,18H,2-3,6-7H2,1H3,(H,17,19). The summed E-state index contributed by atoms with van der Waals surface area (Å²) in [4.78, 5) is 11.7. The lowest BCUT2D eigenvalue weighted by Crippen LogP contribution is -2.31. The number of halogens is 1. The molecule has 0 radical (unpaired) electrons. The Labute approximate surface area is 134 Å². The van der Waals surface area contributed by atoms with Crippen LogP contribution in [0.2, 0.25) is 0 Å². The van der Waals surface area contributed by atoms with E-state index in [2.05, 4.69) is 10.0 Å². The van der Waals surface area contributed by atoms with Crippen molar-refractivity contribution in [2.45, 2.75) is 43.2 Å². The van der Waals surface area contributed by atoms with E-state index in [1.54, 1.807) is 0 Å². The number of carbonyl (C=O) groups is 1. The van der Waals surface area contributed by atoms with Crippen molar-refractivity contribution in [3.63, 3.8) is 0 Å². The molecule has 2 fully saturated rings. The lowest BCUT2D eigenvalue weighted by molar-refractivity contribution is -0.126. The quantitative estimate of drug-likeness (QED) is 0.852. The summed E-state index contributed by atoms with van der Waals surface area (Å²) in [5.41, 5.74) is 0.232. The summed E-state index contributed by atoms with van der Waals surface area (Å²) >= 11 is 0. The Morgan fingerprint density at radius 3 is 2.65 bits per heavy atom. The molecular formula is C15H19FN2O4S. The predicted molar refractivity (Wildman–Crippen MR) is 81.9 cm³/mol. The number of hydrogen-bond donors (Lipinski definition) is 2. The third-order valence-electron chi connectivity index (χ3n) is 4.03. The molecule has 1 heterocycles. The Morgan fingerprint density at radius 1 is 1.30 bits per heavy atom. The zero-order chi connectivity index (χ0) is 16.6. The summed E-state index contributed by atoms with van der Waals surface area (Å²) in [6.07, 6.45) is 1.75. The molecule has 0 aromatic heterocycles. The highest BCUT2D eigenvalue weighted by Crippen LogP contribution is 2.26. The van der Waals surface area contributed by atoms with E-state index in [1.807, 2.05) is 6.92 Å². The average molecular weight is 342 g/mol. The minimum Gasteiger partial charge on any atom is -0.368 e. The third-order valence-corrected chi connectivity index (χ3v) is 5.57. The summed E-state index contributed by atoms with van der Waals surface area (Å²) in [5, 5.41) is 2.60. The first kappa shape index (κ1) is 16.4. The molecule has 2 N–H and O–H groups in total. The van der Waals surface area contributed by atoms with E-state index in [9.17, 15) is 17.6 Å². The first-order valence-corrected chi connectivity index (χ1v) is 9.09. The van der Waals surface area contributed by atoms with Crippen LogP contribution in [-0.4, -0.2) is 33.1 Å². The molecule has 126 valence electrons. The number of benzene rings is 1. The zero-order valence-electron chi connectivity index (χ0n) is 12.7. The highest BCUT2D eigenvalue weighted by atomic mass is 32.2. The third kappa shape index (κ3) is 3.70. The van der Waals surface area contributed by atoms with Gasteiger partial charge in [0, 0.05) is 18.3 Å². The number of nitrogens with one attached hydrogen (secondary N) is 2. The second-order valence-corrected chi connectivity index (χ2v) is 7.77. The maximum Gasteiger partial charge on any atom is 0.253 e. The largest absolute Gasteiger partial charge is 0.368 e. The van der Waals surface area contributed by atoms with Crippen LogP contribution in [0.3, 0.4) is 0 Å². The molecule has 1 amide bonds. The molecule has 1 aliphatic heterocycles. The summed E-state index contributed by atoms with van der Waals surface area (Å²) in [5.74, 6) is -1.10. The molecule has 6 nitrogen and oxygen atoms in total. The van der Waals surface area contributed by atoms with Crippen LogP contribution in [-0.2, 0) is 19.6 Å². The minimum absolute atomic E-state index is 0.0928. The number of sulfonamides is 1. The maximum absolute atomic E-state index is 13.9. The van der Waals surface area contributed by atoms with Crippen LogP contribution in [0.25, 0.3) is 0 Å². The van der Waals surface area contributed by atoms with Crippen molar-refractivity contribution in [1.29, 1.82) is 0 Å². The molecule has 0 bridgehead atoms. The highest BCUT2D eigenvalue weighted by Gasteiger charge is 2.32. The predicted octanol–water partition coefficient (Wildman–Crippen LogP) is 1.63. The molecule has 1 aromatic rings. The number of anilines is 1. The van der Waals surface area contributed by atoms with Crippen molar-refractivity contribution in [2.24, 2.45) is 5.92 Å². The second kappa shape index (κ2) is 6.18. The van der Waals surface area contributed by atoms with Gasteiger partial charge in [0.2, 0.25) is 10.0 Å². The van der Waals surface area contributed by atoms with E-state index in [1.165, 1.54) is 6.07 Å². The Balaban J connectivity index is 1.78. The van der Waals surface area contributed by atoms with E-state index in [0.717, 1.165) is 31.4 Å². The lowest BCUT2D eigenvalue weighted by atomic mass is 10.0. The summed E-state index contributed by atoms with van der Waals surface area (Å²) in [7, 11) is -3.92. The van der Waals surface area contributed by atoms with Gasteiger partial charge in [0.25, 0.3) is 5.91 Å². The van der Waals surface area contributed by atoms with Gasteiger partial charge in [-0.15, -0.1) is 0 Å². The maximum atomic E-state index is 13.9. The second-order valence-electron chi connectivity index (χ2n) is 6.09. The van der Waals surface area contributed by atoms with Crippen LogP contribution in [0.4, 0.5) is 10.1 Å². The number of carbonyl (C=O) groups excluding carboxylic acids is 1. The van der Waals surface area contributed by atoms with Crippen LogP contribution in [0.15, 0.2) is 23.1 Å². The number of amides is 1. The Hall–Kier alpha value is -1.51. The average Bonchev–Trinajstić information content (AvgIpc) is 3.17. The van der Waals surface area contributed by atoms with Gasteiger partial charge in [-0.3, -0.25) is 4.79 Å². The summed E-state index contributed by atoms with van der Waals surface area (Å²) in [6.45, 7) is 2.44. The van der Waals surface area contributed by atoms with E-state index in [4.69, 9.17) is 4.74 Å². The van der Waals surface area contributed by atoms with Crippen molar-refractivity contribution < 1.29 is 22.3 Å². The molecule has 1 aliphatic carbocycles. The molecular weight excluding hydrogens is 323 g/mol. The van der Waals surface area contributed by atoms with Gasteiger partial charge in [-0.25, -0.2) is 17.5 Å². The Morgan fingerprint density at radius 2 is 2.04 bits per heavy atom. The molecule has 0 spiro atoms. The summed E-state index contributed by atoms with van der Waals surface area (Å²) < 4.78 is 46.0. The van der Waals surface area contributed by atoms with Crippen molar-refractivity contribution >= 4 is 21.6 Å². The zero-order valence-corrected chi connectivity index (χ0v) is 13.5. The van der Waals surface area contributed by atoms with Crippen molar-refractivity contribution in [3.05, 3.63) is 24.0 Å². The fourth-order valence-corrected chi connectivity index (χ4v) is 3.92. The number of ether oxygens (including phenoxy) is 1. The summed E-state index contributed by atoms with van der Waals surface area (Å²) in [6, 6.07) is 3.39. The fraction of sp³-hybridized carbons (Fsp3) is 0.533. The van der Waals surface area contributed by atoms with Gasteiger partial charge < -0.3 is 10.1 Å². The van der Waals surface area contributed by atoms with Gasteiger partial charge in [-0.1, -0.05) is 6.92 Å². The molecule has 2 atom stereocenters. The smallest absolute Gasteiger partial charge is 0.253 e. The highest BCUT2D eigenvalue weighted by molar-refractivity contribution is 7.89. The number of hydrogen-bond acceptors (Lipinski definition) is 4. The van der Waals surface area contributed by atoms with Gasteiger partial charge in [0.05, 0.1) is 0 Å². The lowest BCUT2D eigenvalue weighted by Gasteiger charge is -2.15. The number of rotatable bonds is 5. The van der Waals surface area contributed by atoms with E-state index >= 15 is 0 Å². The van der Waals surface area contributed by atoms with Crippen LogP contribution in [0.1, 0.15) is 26.2 Å². The monoisotopic (exact) mass is 342 g/mol. The van der Waals surface area contributed by atoms with Crippen LogP contribution < -0.4 is 10.0 Å². The Bertz CT molecular complexity index is 718. The van der Waals surface area contributed by atoms with Gasteiger partial charge in [0.15, 0.2) is 0 Å². The molecule has 1 aromatic carbocycles. The Kier molecular flexibility index (Phi) is 4.39.